The molecule has 0 aliphatic carbocycles. The minimum atomic E-state index is -3.98. The van der Waals surface area contributed by atoms with E-state index in [0.29, 0.717) is 17.0 Å². The fourth-order valence-electron chi connectivity index (χ4n) is 2.92. The summed E-state index contributed by atoms with van der Waals surface area (Å²) < 4.78 is 39.1. The van der Waals surface area contributed by atoms with Crippen LogP contribution in [0.2, 0.25) is 5.02 Å². The summed E-state index contributed by atoms with van der Waals surface area (Å²) in [6, 6.07) is 9.53. The average Bonchev–Trinajstić information content (AvgIpc) is 3.22. The summed E-state index contributed by atoms with van der Waals surface area (Å²) in [5.41, 5.74) is 1.08. The van der Waals surface area contributed by atoms with Crippen LogP contribution < -0.4 is 5.32 Å². The fraction of sp³-hybridized carbons (Fsp3) is 0.100. The Morgan fingerprint density at radius 3 is 2.70 bits per heavy atom. The van der Waals surface area contributed by atoms with E-state index in [1.165, 1.54) is 30.5 Å². The van der Waals surface area contributed by atoms with Crippen LogP contribution in [0.1, 0.15) is 5.56 Å². The number of dihydropyridines is 1. The number of amides is 1. The second-order valence-corrected chi connectivity index (χ2v) is 8.81. The predicted molar refractivity (Wildman–Crippen MR) is 111 cm³/mol. The largest absolute Gasteiger partial charge is 0.348 e. The highest BCUT2D eigenvalue weighted by Gasteiger charge is 2.23. The van der Waals surface area contributed by atoms with Crippen molar-refractivity contribution in [3.63, 3.8) is 0 Å². The summed E-state index contributed by atoms with van der Waals surface area (Å²) in [5, 5.41) is 9.91. The molecule has 4 rings (SSSR count). The van der Waals surface area contributed by atoms with Gasteiger partial charge in [0.25, 0.3) is 5.91 Å². The molecule has 1 unspecified atom stereocenters. The molecule has 30 heavy (non-hydrogen) atoms. The van der Waals surface area contributed by atoms with Crippen LogP contribution in [0, 0.1) is 11.7 Å². The number of nitrogens with one attached hydrogen (secondary N) is 1. The van der Waals surface area contributed by atoms with Crippen LogP contribution in [0.4, 0.5) is 4.39 Å². The van der Waals surface area contributed by atoms with Gasteiger partial charge in [-0.2, -0.15) is 5.10 Å². The van der Waals surface area contributed by atoms with Crippen molar-refractivity contribution in [2.45, 2.75) is 16.3 Å². The maximum atomic E-state index is 13.6. The normalized spacial score (nSPS) is 17.3. The van der Waals surface area contributed by atoms with Crippen molar-refractivity contribution < 1.29 is 17.6 Å². The van der Waals surface area contributed by atoms with Gasteiger partial charge in [-0.25, -0.2) is 17.8 Å². The molecule has 1 amide bonds. The number of carbonyl (C=O) groups is 1. The third-order valence-corrected chi connectivity index (χ3v) is 6.84. The van der Waals surface area contributed by atoms with Gasteiger partial charge in [-0.3, -0.25) is 4.79 Å². The van der Waals surface area contributed by atoms with Gasteiger partial charge in [-0.1, -0.05) is 35.9 Å². The molecule has 2 aromatic carbocycles. The lowest BCUT2D eigenvalue weighted by molar-refractivity contribution is -0.117. The van der Waals surface area contributed by atoms with Crippen molar-refractivity contribution in [3.05, 3.63) is 70.5 Å². The van der Waals surface area contributed by atoms with Gasteiger partial charge in [0.05, 0.1) is 26.3 Å². The van der Waals surface area contributed by atoms with Crippen LogP contribution in [-0.2, 0) is 21.2 Å². The molecule has 2 aliphatic rings. The number of hydrogen-bond donors (Lipinski definition) is 1. The summed E-state index contributed by atoms with van der Waals surface area (Å²) in [6.07, 6.45) is 4.75. The molecule has 1 N–H and O–H groups in total. The molecule has 2 aliphatic heterocycles. The molecular formula is C20H14ClFN4O3S. The molecule has 7 nitrogen and oxygen atoms in total. The second-order valence-electron chi connectivity index (χ2n) is 6.51. The van der Waals surface area contributed by atoms with E-state index in [1.807, 2.05) is 0 Å². The molecule has 0 radical (unpaired) electrons. The first-order chi connectivity index (χ1) is 14.4. The number of fused-ring (bicyclic) bond motifs is 1. The minimum absolute atomic E-state index is 0.0282. The number of aliphatic imine (C=N–C) groups is 1. The van der Waals surface area contributed by atoms with Gasteiger partial charge >= 0.3 is 0 Å². The smallest absolute Gasteiger partial charge is 0.252 e. The summed E-state index contributed by atoms with van der Waals surface area (Å²) in [4.78, 5) is 16.1. The molecule has 152 valence electrons. The van der Waals surface area contributed by atoms with Crippen molar-refractivity contribution in [3.8, 4) is 0 Å². The molecule has 2 aromatic rings. The number of benzene rings is 2. The van der Waals surface area contributed by atoms with E-state index in [-0.39, 0.29) is 28.2 Å². The van der Waals surface area contributed by atoms with Crippen molar-refractivity contribution in [2.75, 3.05) is 0 Å². The Morgan fingerprint density at radius 1 is 1.17 bits per heavy atom. The number of halogens is 2. The summed E-state index contributed by atoms with van der Waals surface area (Å²) >= 11 is 5.82. The zero-order valence-corrected chi connectivity index (χ0v) is 16.9. The lowest BCUT2D eigenvalue weighted by Crippen LogP contribution is -2.28. The van der Waals surface area contributed by atoms with Crippen LogP contribution in [0.5, 0.6) is 0 Å². The molecule has 2 heterocycles. The van der Waals surface area contributed by atoms with E-state index in [1.54, 1.807) is 24.4 Å². The van der Waals surface area contributed by atoms with Crippen LogP contribution in [0.3, 0.4) is 0 Å². The van der Waals surface area contributed by atoms with E-state index < -0.39 is 20.7 Å². The molecule has 0 fully saturated rings. The van der Waals surface area contributed by atoms with E-state index in [2.05, 4.69) is 20.5 Å². The molecular weight excluding hydrogens is 431 g/mol. The molecule has 10 heteroatoms. The van der Waals surface area contributed by atoms with Crippen molar-refractivity contribution in [2.24, 2.45) is 21.1 Å². The van der Waals surface area contributed by atoms with E-state index in [0.717, 1.165) is 6.07 Å². The number of hydrogen-bond acceptors (Lipinski definition) is 6. The lowest BCUT2D eigenvalue weighted by atomic mass is 10.0. The molecule has 0 bridgehead atoms. The van der Waals surface area contributed by atoms with Gasteiger partial charge in [-0.15, -0.1) is 5.10 Å². The SMILES string of the molecule is O=C(NCc1ccc(S(=O)(=O)c2cccc(F)c2Cl)cc1)C1=CC2C=NN=C2N=C1. The third kappa shape index (κ3) is 3.81. The zero-order valence-electron chi connectivity index (χ0n) is 15.3. The summed E-state index contributed by atoms with van der Waals surface area (Å²) in [7, 11) is -3.98. The highest BCUT2D eigenvalue weighted by molar-refractivity contribution is 7.91. The first-order valence-corrected chi connectivity index (χ1v) is 10.7. The Morgan fingerprint density at radius 2 is 1.93 bits per heavy atom. The van der Waals surface area contributed by atoms with Gasteiger partial charge in [0.2, 0.25) is 9.84 Å². The Hall–Kier alpha value is -3.17. The number of nitrogens with zero attached hydrogens (tertiary/aromatic N) is 3. The molecule has 0 saturated carbocycles. The number of sulfone groups is 1. The number of carbonyl (C=O) groups excluding carboxylic acids is 1. The van der Waals surface area contributed by atoms with Crippen LogP contribution in [0.25, 0.3) is 0 Å². The Labute approximate surface area is 176 Å². The Bertz CT molecular complexity index is 1250. The molecule has 1 atom stereocenters. The summed E-state index contributed by atoms with van der Waals surface area (Å²) in [5.74, 6) is -0.780. The monoisotopic (exact) mass is 444 g/mol. The van der Waals surface area contributed by atoms with Gasteiger partial charge in [0.1, 0.15) is 5.82 Å². The number of amidine groups is 1. The maximum Gasteiger partial charge on any atom is 0.252 e. The maximum absolute atomic E-state index is 13.6. The van der Waals surface area contributed by atoms with Crippen LogP contribution in [-0.4, -0.2) is 32.6 Å². The predicted octanol–water partition coefficient (Wildman–Crippen LogP) is 2.95. The lowest BCUT2D eigenvalue weighted by Gasteiger charge is -2.12. The summed E-state index contributed by atoms with van der Waals surface area (Å²) in [6.45, 7) is 0.185. The van der Waals surface area contributed by atoms with Crippen molar-refractivity contribution in [1.82, 2.24) is 5.32 Å². The molecule has 0 spiro atoms. The topological polar surface area (TPSA) is 100 Å². The quantitative estimate of drug-likeness (QED) is 0.767. The van der Waals surface area contributed by atoms with E-state index in [4.69, 9.17) is 11.6 Å². The van der Waals surface area contributed by atoms with Gasteiger partial charge < -0.3 is 5.32 Å². The average molecular weight is 445 g/mol. The van der Waals surface area contributed by atoms with Crippen molar-refractivity contribution in [1.29, 1.82) is 0 Å². The van der Waals surface area contributed by atoms with Crippen LogP contribution in [0.15, 0.2) is 79.1 Å². The number of rotatable bonds is 5. The first-order valence-electron chi connectivity index (χ1n) is 8.79. The highest BCUT2D eigenvalue weighted by atomic mass is 35.5. The first kappa shape index (κ1) is 20.1. The van der Waals surface area contributed by atoms with Gasteiger partial charge in [0, 0.05) is 19.0 Å². The fourth-order valence-corrected chi connectivity index (χ4v) is 4.69. The standard InChI is InChI=1S/C20H14ClFN4O3S/c21-18-16(22)2-1-3-17(18)30(28,29)15-6-4-12(5-7-15)9-24-20(27)14-8-13-11-25-26-19(13)23-10-14/h1-8,10-11,13H,9H2,(H,24,27). The minimum Gasteiger partial charge on any atom is -0.348 e. The van der Waals surface area contributed by atoms with Gasteiger partial charge in [0.15, 0.2) is 5.84 Å². The van der Waals surface area contributed by atoms with E-state index in [9.17, 15) is 17.6 Å². The molecule has 0 aromatic heterocycles. The van der Waals surface area contributed by atoms with Crippen LogP contribution >= 0.6 is 11.6 Å². The third-order valence-electron chi connectivity index (χ3n) is 4.54. The molecule has 0 saturated heterocycles. The Balaban J connectivity index is 1.45. The zero-order chi connectivity index (χ0) is 21.3. The van der Waals surface area contributed by atoms with E-state index >= 15 is 0 Å². The van der Waals surface area contributed by atoms with Gasteiger partial charge in [-0.05, 0) is 29.8 Å². The second kappa shape index (κ2) is 7.92. The Kier molecular flexibility index (Phi) is 5.31. The van der Waals surface area contributed by atoms with Crippen molar-refractivity contribution >= 4 is 45.6 Å². The highest BCUT2D eigenvalue weighted by Crippen LogP contribution is 2.29.